The third kappa shape index (κ3) is 3.01. The van der Waals surface area contributed by atoms with Gasteiger partial charge in [-0.2, -0.15) is 0 Å². The number of rotatable bonds is 2. The maximum Gasteiger partial charge on any atom is 0.255 e. The minimum atomic E-state index is -1.60. The van der Waals surface area contributed by atoms with Crippen molar-refractivity contribution >= 4 is 27.5 Å². The first-order valence-corrected chi connectivity index (χ1v) is 6.40. The van der Waals surface area contributed by atoms with Gasteiger partial charge < -0.3 is 5.32 Å². The number of aryl methyl sites for hydroxylation is 1. The largest absolute Gasteiger partial charge is 0.322 e. The highest BCUT2D eigenvalue weighted by Gasteiger charge is 2.15. The number of carbonyl (C=O) groups is 1. The normalized spacial score (nSPS) is 10.4. The molecule has 2 aromatic rings. The minimum Gasteiger partial charge on any atom is -0.322 e. The van der Waals surface area contributed by atoms with E-state index < -0.39 is 23.4 Å². The van der Waals surface area contributed by atoms with Gasteiger partial charge in [0, 0.05) is 15.7 Å². The van der Waals surface area contributed by atoms with Gasteiger partial charge in [-0.15, -0.1) is 0 Å². The molecule has 0 aliphatic carbocycles. The summed E-state index contributed by atoms with van der Waals surface area (Å²) in [4.78, 5) is 11.8. The Bertz CT molecular complexity index is 665. The molecule has 0 radical (unpaired) electrons. The first-order chi connectivity index (χ1) is 9.38. The fraction of sp³-hybridized carbons (Fsp3) is 0.0714. The van der Waals surface area contributed by atoms with Crippen molar-refractivity contribution in [1.82, 2.24) is 0 Å². The maximum atomic E-state index is 13.1. The molecule has 0 atom stereocenters. The summed E-state index contributed by atoms with van der Waals surface area (Å²) in [6.07, 6.45) is 0. The molecule has 6 heteroatoms. The van der Waals surface area contributed by atoms with Crippen molar-refractivity contribution in [3.05, 3.63) is 63.4 Å². The van der Waals surface area contributed by atoms with Gasteiger partial charge in [0.25, 0.3) is 5.91 Å². The monoisotopic (exact) mass is 343 g/mol. The van der Waals surface area contributed by atoms with E-state index in [1.807, 2.05) is 6.92 Å². The summed E-state index contributed by atoms with van der Waals surface area (Å²) in [5.74, 6) is -5.13. The van der Waals surface area contributed by atoms with E-state index in [1.54, 1.807) is 18.2 Å². The molecule has 0 aliphatic heterocycles. The van der Waals surface area contributed by atoms with Crippen molar-refractivity contribution in [2.75, 3.05) is 5.32 Å². The predicted octanol–water partition coefficient (Wildman–Crippen LogP) is 4.43. The number of benzene rings is 2. The van der Waals surface area contributed by atoms with E-state index in [-0.39, 0.29) is 5.56 Å². The third-order valence-electron chi connectivity index (χ3n) is 2.68. The smallest absolute Gasteiger partial charge is 0.255 e. The minimum absolute atomic E-state index is 0.293. The molecule has 20 heavy (non-hydrogen) atoms. The van der Waals surface area contributed by atoms with E-state index in [0.717, 1.165) is 10.0 Å². The summed E-state index contributed by atoms with van der Waals surface area (Å²) in [7, 11) is 0. The summed E-state index contributed by atoms with van der Waals surface area (Å²) >= 11 is 3.30. The van der Waals surface area contributed by atoms with E-state index in [0.29, 0.717) is 17.8 Å². The van der Waals surface area contributed by atoms with E-state index >= 15 is 0 Å². The summed E-state index contributed by atoms with van der Waals surface area (Å²) in [5, 5.41) is 2.48. The fourth-order valence-corrected chi connectivity index (χ4v) is 1.94. The highest BCUT2D eigenvalue weighted by atomic mass is 79.9. The first kappa shape index (κ1) is 14.6. The summed E-state index contributed by atoms with van der Waals surface area (Å²) < 4.78 is 39.7. The van der Waals surface area contributed by atoms with Crippen LogP contribution in [0, 0.1) is 24.4 Å². The third-order valence-corrected chi connectivity index (χ3v) is 3.53. The highest BCUT2D eigenvalue weighted by molar-refractivity contribution is 9.10. The summed E-state index contributed by atoms with van der Waals surface area (Å²) in [6, 6.07) is 6.37. The fourth-order valence-electron chi connectivity index (χ4n) is 1.56. The van der Waals surface area contributed by atoms with Gasteiger partial charge in [-0.25, -0.2) is 13.2 Å². The molecule has 0 aliphatic rings. The van der Waals surface area contributed by atoms with Crippen molar-refractivity contribution < 1.29 is 18.0 Å². The van der Waals surface area contributed by atoms with Gasteiger partial charge in [0.2, 0.25) is 0 Å². The molecule has 2 nitrogen and oxygen atoms in total. The van der Waals surface area contributed by atoms with Gasteiger partial charge in [0.15, 0.2) is 17.5 Å². The molecule has 0 aromatic heterocycles. The number of amides is 1. The van der Waals surface area contributed by atoms with E-state index in [2.05, 4.69) is 21.2 Å². The van der Waals surface area contributed by atoms with Crippen molar-refractivity contribution in [3.63, 3.8) is 0 Å². The average molecular weight is 344 g/mol. The SMILES string of the molecule is Cc1ccc(NC(=O)c2cc(F)c(F)c(F)c2)cc1Br. The van der Waals surface area contributed by atoms with Gasteiger partial charge in [-0.1, -0.05) is 22.0 Å². The Morgan fingerprint density at radius 2 is 1.70 bits per heavy atom. The molecule has 1 N–H and O–H groups in total. The molecule has 1 amide bonds. The molecule has 0 unspecified atom stereocenters. The van der Waals surface area contributed by atoms with Gasteiger partial charge in [-0.05, 0) is 36.8 Å². The first-order valence-electron chi connectivity index (χ1n) is 5.60. The molecule has 104 valence electrons. The van der Waals surface area contributed by atoms with Crippen LogP contribution >= 0.6 is 15.9 Å². The number of nitrogens with one attached hydrogen (secondary N) is 1. The molecular formula is C14H9BrF3NO. The maximum absolute atomic E-state index is 13.1. The molecule has 0 saturated carbocycles. The van der Waals surface area contributed by atoms with Crippen molar-refractivity contribution in [2.24, 2.45) is 0 Å². The lowest BCUT2D eigenvalue weighted by Gasteiger charge is -2.07. The topological polar surface area (TPSA) is 29.1 Å². The van der Waals surface area contributed by atoms with Crippen LogP contribution in [0.3, 0.4) is 0 Å². The predicted molar refractivity (Wildman–Crippen MR) is 73.1 cm³/mol. The van der Waals surface area contributed by atoms with Crippen LogP contribution in [-0.2, 0) is 0 Å². The molecule has 2 rings (SSSR count). The second kappa shape index (κ2) is 5.66. The van der Waals surface area contributed by atoms with Crippen LogP contribution in [0.25, 0.3) is 0 Å². The molecule has 0 bridgehead atoms. The number of hydrogen-bond acceptors (Lipinski definition) is 1. The lowest BCUT2D eigenvalue weighted by molar-refractivity contribution is 0.102. The Morgan fingerprint density at radius 3 is 2.25 bits per heavy atom. The van der Waals surface area contributed by atoms with Crippen LogP contribution in [0.1, 0.15) is 15.9 Å². The number of hydrogen-bond donors (Lipinski definition) is 1. The number of carbonyl (C=O) groups excluding carboxylic acids is 1. The van der Waals surface area contributed by atoms with Gasteiger partial charge in [-0.3, -0.25) is 4.79 Å². The van der Waals surface area contributed by atoms with E-state index in [4.69, 9.17) is 0 Å². The zero-order valence-corrected chi connectivity index (χ0v) is 11.9. The van der Waals surface area contributed by atoms with Crippen LogP contribution in [0.15, 0.2) is 34.8 Å². The van der Waals surface area contributed by atoms with Crippen LogP contribution in [0.5, 0.6) is 0 Å². The zero-order valence-electron chi connectivity index (χ0n) is 10.3. The molecule has 0 spiro atoms. The Hall–Kier alpha value is -1.82. The van der Waals surface area contributed by atoms with Crippen molar-refractivity contribution in [2.45, 2.75) is 6.92 Å². The lowest BCUT2D eigenvalue weighted by Crippen LogP contribution is -2.13. The Kier molecular flexibility index (Phi) is 4.13. The van der Waals surface area contributed by atoms with Crippen LogP contribution in [0.2, 0.25) is 0 Å². The van der Waals surface area contributed by atoms with E-state index in [9.17, 15) is 18.0 Å². The Morgan fingerprint density at radius 1 is 1.10 bits per heavy atom. The molecule has 0 saturated heterocycles. The summed E-state index contributed by atoms with van der Waals surface area (Å²) in [6.45, 7) is 1.88. The second-order valence-electron chi connectivity index (χ2n) is 4.17. The van der Waals surface area contributed by atoms with Crippen molar-refractivity contribution in [3.8, 4) is 0 Å². The molecule has 2 aromatic carbocycles. The molecule has 0 fully saturated rings. The standard InChI is InChI=1S/C14H9BrF3NO/c1-7-2-3-9(6-10(7)15)19-14(20)8-4-11(16)13(18)12(17)5-8/h2-6H,1H3,(H,19,20). The van der Waals surface area contributed by atoms with Gasteiger partial charge in [0.05, 0.1) is 0 Å². The number of halogens is 4. The lowest BCUT2D eigenvalue weighted by atomic mass is 10.1. The van der Waals surface area contributed by atoms with Crippen LogP contribution in [0.4, 0.5) is 18.9 Å². The molecule has 0 heterocycles. The summed E-state index contributed by atoms with van der Waals surface area (Å²) in [5.41, 5.74) is 1.14. The van der Waals surface area contributed by atoms with E-state index in [1.165, 1.54) is 0 Å². The van der Waals surface area contributed by atoms with Crippen LogP contribution in [-0.4, -0.2) is 5.91 Å². The Labute approximate surface area is 121 Å². The van der Waals surface area contributed by atoms with Gasteiger partial charge >= 0.3 is 0 Å². The Balaban J connectivity index is 2.26. The average Bonchev–Trinajstić information content (AvgIpc) is 2.39. The highest BCUT2D eigenvalue weighted by Crippen LogP contribution is 2.21. The zero-order chi connectivity index (χ0) is 14.9. The second-order valence-corrected chi connectivity index (χ2v) is 5.03. The molecular weight excluding hydrogens is 335 g/mol. The van der Waals surface area contributed by atoms with Crippen LogP contribution < -0.4 is 5.32 Å². The number of anilines is 1. The van der Waals surface area contributed by atoms with Gasteiger partial charge in [0.1, 0.15) is 0 Å². The quantitative estimate of drug-likeness (QED) is 0.803. The van der Waals surface area contributed by atoms with Crippen molar-refractivity contribution in [1.29, 1.82) is 0 Å².